The third kappa shape index (κ3) is 4.20. The van der Waals surface area contributed by atoms with Crippen molar-refractivity contribution in [3.05, 3.63) is 59.2 Å². The van der Waals surface area contributed by atoms with Gasteiger partial charge in [0.15, 0.2) is 12.6 Å². The number of ether oxygens (including phenoxy) is 5. The number of fused-ring (bicyclic) bond motifs is 2. The summed E-state index contributed by atoms with van der Waals surface area (Å²) in [7, 11) is 1.62. The van der Waals surface area contributed by atoms with E-state index in [0.717, 1.165) is 11.1 Å². The third-order valence-corrected chi connectivity index (χ3v) is 5.16. The fraction of sp³-hybridized carbons (Fsp3) is 0.375. The Morgan fingerprint density at radius 2 is 1.97 bits per heavy atom. The Bertz CT molecular complexity index is 962. The fourth-order valence-electron chi connectivity index (χ4n) is 3.59. The van der Waals surface area contributed by atoms with Crippen LogP contribution in [0.25, 0.3) is 6.08 Å². The molecule has 2 aromatic carbocycles. The van der Waals surface area contributed by atoms with E-state index in [-0.39, 0.29) is 19.2 Å². The highest BCUT2D eigenvalue weighted by molar-refractivity contribution is 6.04. The molecule has 158 valence electrons. The van der Waals surface area contributed by atoms with E-state index in [9.17, 15) is 4.79 Å². The van der Waals surface area contributed by atoms with Gasteiger partial charge in [0.1, 0.15) is 29.5 Å². The first kappa shape index (κ1) is 20.4. The maximum atomic E-state index is 13.2. The number of Topliss-reactive ketones (excluding diaryl/α,β-unsaturated/α-hetero) is 1. The van der Waals surface area contributed by atoms with Crippen molar-refractivity contribution in [1.82, 2.24) is 0 Å². The van der Waals surface area contributed by atoms with E-state index in [1.54, 1.807) is 13.2 Å². The SMILES string of the molecule is COCCOCOc1cc2c(cc1C1COc3ccccc3C1=O)C=CC(C)(C)O2. The van der Waals surface area contributed by atoms with Crippen LogP contribution in [0.2, 0.25) is 0 Å². The van der Waals surface area contributed by atoms with Gasteiger partial charge < -0.3 is 23.7 Å². The predicted octanol–water partition coefficient (Wildman–Crippen LogP) is 4.23. The van der Waals surface area contributed by atoms with Gasteiger partial charge in [-0.25, -0.2) is 0 Å². The largest absolute Gasteiger partial charge is 0.492 e. The second-order valence-corrected chi connectivity index (χ2v) is 7.85. The first-order valence-corrected chi connectivity index (χ1v) is 10.0. The number of para-hydroxylation sites is 1. The molecule has 6 nitrogen and oxygen atoms in total. The Kier molecular flexibility index (Phi) is 5.79. The van der Waals surface area contributed by atoms with Crippen molar-refractivity contribution in [2.24, 2.45) is 0 Å². The Morgan fingerprint density at radius 3 is 2.80 bits per heavy atom. The zero-order valence-corrected chi connectivity index (χ0v) is 17.5. The Hall–Kier alpha value is -2.83. The van der Waals surface area contributed by atoms with Crippen LogP contribution in [0.5, 0.6) is 17.2 Å². The quantitative estimate of drug-likeness (QED) is 0.503. The molecule has 2 aliphatic heterocycles. The number of ketones is 1. The lowest BCUT2D eigenvalue weighted by molar-refractivity contribution is -0.00927. The molecule has 0 radical (unpaired) electrons. The lowest BCUT2D eigenvalue weighted by Gasteiger charge is -2.30. The molecule has 2 heterocycles. The molecule has 0 N–H and O–H groups in total. The second-order valence-electron chi connectivity index (χ2n) is 7.85. The summed E-state index contributed by atoms with van der Waals surface area (Å²) in [4.78, 5) is 13.2. The minimum Gasteiger partial charge on any atom is -0.492 e. The Morgan fingerprint density at radius 1 is 1.13 bits per heavy atom. The minimum absolute atomic E-state index is 0.0167. The number of carbonyl (C=O) groups is 1. The van der Waals surface area contributed by atoms with Gasteiger partial charge in [-0.05, 0) is 38.1 Å². The van der Waals surface area contributed by atoms with Crippen molar-refractivity contribution in [1.29, 1.82) is 0 Å². The summed E-state index contributed by atoms with van der Waals surface area (Å²) in [5, 5.41) is 0. The number of hydrogen-bond donors (Lipinski definition) is 0. The van der Waals surface area contributed by atoms with E-state index in [0.29, 0.717) is 36.0 Å². The summed E-state index contributed by atoms with van der Waals surface area (Å²) in [5.74, 6) is 1.43. The maximum Gasteiger partial charge on any atom is 0.189 e. The summed E-state index contributed by atoms with van der Waals surface area (Å²) >= 11 is 0. The molecule has 0 fully saturated rings. The molecule has 30 heavy (non-hydrogen) atoms. The summed E-state index contributed by atoms with van der Waals surface area (Å²) in [6.07, 6.45) is 4.02. The summed E-state index contributed by atoms with van der Waals surface area (Å²) in [6, 6.07) is 11.1. The summed E-state index contributed by atoms with van der Waals surface area (Å²) in [6.45, 7) is 5.18. The molecule has 2 aromatic rings. The number of hydrogen-bond acceptors (Lipinski definition) is 6. The van der Waals surface area contributed by atoms with E-state index >= 15 is 0 Å². The highest BCUT2D eigenvalue weighted by Gasteiger charge is 2.33. The average Bonchev–Trinajstić information content (AvgIpc) is 2.73. The number of carbonyl (C=O) groups excluding carboxylic acids is 1. The van der Waals surface area contributed by atoms with E-state index in [1.807, 2.05) is 56.3 Å². The number of benzene rings is 2. The fourth-order valence-corrected chi connectivity index (χ4v) is 3.59. The third-order valence-electron chi connectivity index (χ3n) is 5.16. The van der Waals surface area contributed by atoms with Gasteiger partial charge in [0, 0.05) is 24.3 Å². The molecule has 1 unspecified atom stereocenters. The Labute approximate surface area is 176 Å². The van der Waals surface area contributed by atoms with Gasteiger partial charge in [0.2, 0.25) is 0 Å². The molecule has 2 aliphatic rings. The van der Waals surface area contributed by atoms with E-state index in [1.165, 1.54) is 0 Å². The van der Waals surface area contributed by atoms with Crippen LogP contribution >= 0.6 is 0 Å². The first-order chi connectivity index (χ1) is 14.5. The summed E-state index contributed by atoms with van der Waals surface area (Å²) < 4.78 is 28.3. The van der Waals surface area contributed by atoms with Crippen LogP contribution in [0.4, 0.5) is 0 Å². The zero-order valence-electron chi connectivity index (χ0n) is 17.5. The highest BCUT2D eigenvalue weighted by Crippen LogP contribution is 2.41. The van der Waals surface area contributed by atoms with Gasteiger partial charge in [0.25, 0.3) is 0 Å². The predicted molar refractivity (Wildman–Crippen MR) is 113 cm³/mol. The maximum absolute atomic E-state index is 13.2. The van der Waals surface area contributed by atoms with Crippen molar-refractivity contribution in [2.45, 2.75) is 25.4 Å². The van der Waals surface area contributed by atoms with Crippen molar-refractivity contribution < 1.29 is 28.5 Å². The molecule has 4 rings (SSSR count). The topological polar surface area (TPSA) is 63.2 Å². The Balaban J connectivity index is 1.66. The van der Waals surface area contributed by atoms with Gasteiger partial charge in [-0.3, -0.25) is 4.79 Å². The van der Waals surface area contributed by atoms with Gasteiger partial charge in [-0.15, -0.1) is 0 Å². The van der Waals surface area contributed by atoms with Crippen LogP contribution in [-0.2, 0) is 9.47 Å². The van der Waals surface area contributed by atoms with Crippen LogP contribution in [-0.4, -0.2) is 45.1 Å². The molecule has 0 amide bonds. The monoisotopic (exact) mass is 410 g/mol. The minimum atomic E-state index is -0.470. The number of rotatable bonds is 7. The molecule has 0 saturated carbocycles. The van der Waals surface area contributed by atoms with Gasteiger partial charge >= 0.3 is 0 Å². The van der Waals surface area contributed by atoms with Crippen LogP contribution < -0.4 is 14.2 Å². The lowest BCUT2D eigenvalue weighted by atomic mass is 9.87. The van der Waals surface area contributed by atoms with Crippen LogP contribution in [0.1, 0.15) is 41.3 Å². The molecular formula is C24H26O6. The van der Waals surface area contributed by atoms with Crippen LogP contribution in [0.15, 0.2) is 42.5 Å². The molecule has 0 bridgehead atoms. The molecule has 6 heteroatoms. The van der Waals surface area contributed by atoms with Crippen molar-refractivity contribution in [3.63, 3.8) is 0 Å². The van der Waals surface area contributed by atoms with Gasteiger partial charge in [-0.2, -0.15) is 0 Å². The molecule has 0 spiro atoms. The van der Waals surface area contributed by atoms with Crippen molar-refractivity contribution >= 4 is 11.9 Å². The molecule has 1 atom stereocenters. The van der Waals surface area contributed by atoms with Crippen LogP contribution in [0.3, 0.4) is 0 Å². The molecule has 0 saturated heterocycles. The van der Waals surface area contributed by atoms with Crippen LogP contribution in [0, 0.1) is 0 Å². The standard InChI is InChI=1S/C24H26O6/c1-24(2)9-8-16-12-18(19-14-28-20-7-5-4-6-17(20)23(19)25)22(13-21(16)30-24)29-15-27-11-10-26-3/h4-9,12-13,19H,10-11,14-15H2,1-3H3. The normalized spacial score (nSPS) is 18.8. The van der Waals surface area contributed by atoms with Crippen molar-refractivity contribution in [3.8, 4) is 17.2 Å². The van der Waals surface area contributed by atoms with Crippen molar-refractivity contribution in [2.75, 3.05) is 33.7 Å². The lowest BCUT2D eigenvalue weighted by Crippen LogP contribution is -2.29. The van der Waals surface area contributed by atoms with E-state index in [4.69, 9.17) is 23.7 Å². The van der Waals surface area contributed by atoms with E-state index < -0.39 is 11.5 Å². The summed E-state index contributed by atoms with van der Waals surface area (Å²) in [5.41, 5.74) is 1.84. The second kappa shape index (κ2) is 8.50. The first-order valence-electron chi connectivity index (χ1n) is 10.0. The number of methoxy groups -OCH3 is 1. The van der Waals surface area contributed by atoms with Gasteiger partial charge in [0.05, 0.1) is 24.7 Å². The highest BCUT2D eigenvalue weighted by atomic mass is 16.7. The van der Waals surface area contributed by atoms with E-state index in [2.05, 4.69) is 0 Å². The molecular weight excluding hydrogens is 384 g/mol. The average molecular weight is 410 g/mol. The smallest absolute Gasteiger partial charge is 0.189 e. The molecule has 0 aromatic heterocycles. The molecule has 0 aliphatic carbocycles. The van der Waals surface area contributed by atoms with Gasteiger partial charge in [-0.1, -0.05) is 18.2 Å². The zero-order chi connectivity index (χ0) is 21.1.